The van der Waals surface area contributed by atoms with E-state index in [-0.39, 0.29) is 10.8 Å². The van der Waals surface area contributed by atoms with Crippen LogP contribution in [0.15, 0.2) is 373 Å². The Bertz CT molecular complexity index is 7030. The molecule has 18 aromatic carbocycles. The Balaban J connectivity index is 0.000000135. The fourth-order valence-electron chi connectivity index (χ4n) is 18.8. The van der Waals surface area contributed by atoms with E-state index in [1.54, 1.807) is 0 Å². The van der Waals surface area contributed by atoms with Crippen molar-refractivity contribution in [1.29, 1.82) is 0 Å². The van der Waals surface area contributed by atoms with Crippen molar-refractivity contribution < 1.29 is 8.83 Å². The first-order valence-electron chi connectivity index (χ1n) is 36.9. The molecule has 20 aromatic rings. The molecule has 3 aliphatic rings. The van der Waals surface area contributed by atoms with E-state index in [9.17, 15) is 0 Å². The Kier molecular flexibility index (Phi) is 13.1. The Morgan fingerprint density at radius 1 is 0.179 bits per heavy atom. The molecule has 1 spiro atoms. The van der Waals surface area contributed by atoms with Crippen LogP contribution in [0.4, 0.5) is 0 Å². The van der Waals surface area contributed by atoms with Crippen molar-refractivity contribution in [2.45, 2.75) is 24.7 Å². The molecule has 0 unspecified atom stereocenters. The van der Waals surface area contributed by atoms with Crippen molar-refractivity contribution in [2.75, 3.05) is 0 Å². The molecule has 0 radical (unpaired) electrons. The third-order valence-electron chi connectivity index (χ3n) is 23.8. The predicted octanol–water partition coefficient (Wildman–Crippen LogP) is 28.4. The van der Waals surface area contributed by atoms with Gasteiger partial charge in [0.15, 0.2) is 0 Å². The molecule has 2 nitrogen and oxygen atoms in total. The molecule has 0 fully saturated rings. The number of rotatable bonds is 6. The fourth-order valence-corrected chi connectivity index (χ4v) is 18.8. The Labute approximate surface area is 614 Å². The van der Waals surface area contributed by atoms with E-state index >= 15 is 0 Å². The minimum absolute atomic E-state index is 0.0193. The van der Waals surface area contributed by atoms with Crippen LogP contribution in [0.3, 0.4) is 0 Å². The van der Waals surface area contributed by atoms with Gasteiger partial charge in [-0.3, -0.25) is 0 Å². The maximum Gasteiger partial charge on any atom is 0.143 e. The van der Waals surface area contributed by atoms with Gasteiger partial charge in [-0.1, -0.05) is 329 Å². The fraction of sp³-hybridized carbons (Fsp3) is 0.0385. The molecule has 0 aliphatic heterocycles. The van der Waals surface area contributed by atoms with Gasteiger partial charge in [0, 0.05) is 38.1 Å². The van der Waals surface area contributed by atoms with Gasteiger partial charge in [0.1, 0.15) is 22.3 Å². The summed E-state index contributed by atoms with van der Waals surface area (Å²) in [5, 5.41) is 14.7. The molecule has 0 atom stereocenters. The van der Waals surface area contributed by atoms with Crippen molar-refractivity contribution in [3.8, 4) is 100 Å². The van der Waals surface area contributed by atoms with E-state index in [1.807, 2.05) is 24.3 Å². The van der Waals surface area contributed by atoms with Crippen molar-refractivity contribution in [3.05, 3.63) is 397 Å². The first kappa shape index (κ1) is 60.2. The normalized spacial score (nSPS) is 13.3. The third kappa shape index (κ3) is 8.86. The van der Waals surface area contributed by atoms with Gasteiger partial charge in [0.05, 0.1) is 5.41 Å². The summed E-state index contributed by atoms with van der Waals surface area (Å²) in [6, 6.07) is 134. The highest BCUT2D eigenvalue weighted by atomic mass is 16.3. The Morgan fingerprint density at radius 2 is 0.481 bits per heavy atom. The molecule has 3 aliphatic carbocycles. The molecule has 0 saturated heterocycles. The van der Waals surface area contributed by atoms with Gasteiger partial charge >= 0.3 is 0 Å². The molecule has 494 valence electrons. The summed E-state index contributed by atoms with van der Waals surface area (Å²) in [5.74, 6) is 0. The van der Waals surface area contributed by atoms with Gasteiger partial charge in [-0.15, -0.1) is 0 Å². The molecule has 2 heterocycles. The molecule has 0 N–H and O–H groups in total. The number of para-hydroxylation sites is 4. The molecule has 0 saturated carbocycles. The second-order valence-corrected chi connectivity index (χ2v) is 29.6. The van der Waals surface area contributed by atoms with Crippen LogP contribution < -0.4 is 0 Å². The van der Waals surface area contributed by atoms with Crippen LogP contribution in [0.2, 0.25) is 0 Å². The lowest BCUT2D eigenvalue weighted by Crippen LogP contribution is -2.25. The van der Waals surface area contributed by atoms with Crippen molar-refractivity contribution in [2.24, 2.45) is 0 Å². The average molecular weight is 1350 g/mol. The maximum atomic E-state index is 6.39. The largest absolute Gasteiger partial charge is 0.455 e. The highest BCUT2D eigenvalue weighted by molar-refractivity contribution is 6.17. The van der Waals surface area contributed by atoms with Crippen LogP contribution in [0.25, 0.3) is 187 Å². The average Bonchev–Trinajstić information content (AvgIpc) is 1.51. The van der Waals surface area contributed by atoms with E-state index in [2.05, 4.69) is 354 Å². The summed E-state index contributed by atoms with van der Waals surface area (Å²) in [4.78, 5) is 0. The summed E-state index contributed by atoms with van der Waals surface area (Å²) in [6.07, 6.45) is 0. The minimum atomic E-state index is -0.359. The Morgan fingerprint density at radius 3 is 0.934 bits per heavy atom. The highest BCUT2D eigenvalue weighted by Gasteiger charge is 2.51. The van der Waals surface area contributed by atoms with Gasteiger partial charge < -0.3 is 8.83 Å². The lowest BCUT2D eigenvalue weighted by molar-refractivity contribution is 0.660. The van der Waals surface area contributed by atoms with Crippen LogP contribution in [-0.4, -0.2) is 0 Å². The second kappa shape index (κ2) is 23.1. The number of hydrogen-bond donors (Lipinski definition) is 0. The first-order chi connectivity index (χ1) is 52.3. The van der Waals surface area contributed by atoms with Crippen molar-refractivity contribution >= 4 is 87.0 Å². The van der Waals surface area contributed by atoms with Crippen molar-refractivity contribution in [1.82, 2.24) is 0 Å². The van der Waals surface area contributed by atoms with Gasteiger partial charge in [0.2, 0.25) is 0 Å². The zero-order chi connectivity index (χ0) is 69.9. The molecule has 2 heteroatoms. The summed E-state index contributed by atoms with van der Waals surface area (Å²) >= 11 is 0. The molecular weight excluding hydrogens is 1280 g/mol. The van der Waals surface area contributed by atoms with Crippen LogP contribution >= 0.6 is 0 Å². The lowest BCUT2D eigenvalue weighted by Gasteiger charge is -2.30. The van der Waals surface area contributed by atoms with E-state index < -0.39 is 0 Å². The smallest absolute Gasteiger partial charge is 0.143 e. The number of benzene rings is 18. The van der Waals surface area contributed by atoms with Crippen LogP contribution in [0.5, 0.6) is 0 Å². The maximum absolute atomic E-state index is 6.39. The monoisotopic (exact) mass is 1350 g/mol. The van der Waals surface area contributed by atoms with E-state index in [0.29, 0.717) is 0 Å². The zero-order valence-electron chi connectivity index (χ0n) is 58.5. The molecule has 2 aromatic heterocycles. The summed E-state index contributed by atoms with van der Waals surface area (Å²) < 4.78 is 12.7. The van der Waals surface area contributed by atoms with Crippen LogP contribution in [0.1, 0.15) is 47.2 Å². The molecule has 106 heavy (non-hydrogen) atoms. The summed E-state index contributed by atoms with van der Waals surface area (Å²) in [7, 11) is 0. The van der Waals surface area contributed by atoms with Crippen LogP contribution in [0, 0.1) is 0 Å². The molecule has 0 bridgehead atoms. The highest BCUT2D eigenvalue weighted by Crippen LogP contribution is 2.63. The lowest BCUT2D eigenvalue weighted by atomic mass is 9.70. The van der Waals surface area contributed by atoms with Crippen molar-refractivity contribution in [3.63, 3.8) is 0 Å². The van der Waals surface area contributed by atoms with Crippen LogP contribution in [-0.2, 0) is 10.8 Å². The second-order valence-electron chi connectivity index (χ2n) is 29.6. The van der Waals surface area contributed by atoms with E-state index in [0.717, 1.165) is 66.1 Å². The zero-order valence-corrected chi connectivity index (χ0v) is 58.5. The SMILES string of the molecule is CC1(C)c2ccccc2-c2ccc(-c3ccc4cc(-c5ccc(-c6cccc7c6oc6ccccc67)cc5)c5ccccc5c4c3)cc21.c1ccc2c(c1)-c1ccccc1C21c2ccccc2-c2ccc(-c3ccc4cc(-c5ccc(-c6cccc7c6oc6ccccc67)cc5)c5ccccc5c4c3)cc21. The first-order valence-corrected chi connectivity index (χ1v) is 36.9. The van der Waals surface area contributed by atoms with E-state index in [1.165, 1.54) is 154 Å². The molecule has 23 rings (SSSR count). The predicted molar refractivity (Wildman–Crippen MR) is 444 cm³/mol. The Hall–Kier alpha value is -13.4. The number of fused-ring (bicyclic) bond motifs is 25. The standard InChI is InChI=1S/C57H34O.C47H32O/c1-2-13-42-41(12-1)49(36-26-24-35(25-27-36)40-18-11-19-48-47-17-6-10-23-55(47)58-56(40)48)33-39-29-28-37(32-50(39)42)38-30-31-46-45-16-5-9-22-53(45)57(54(46)34-38)51-20-7-3-14-43(51)44-15-4-8-21-52(44)57;1-47(2)43-16-7-5-12-37(43)38-25-24-32(28-44(38)47)31-22-23-33-27-41(35-10-3-4-11-36(35)42(33)26-31)30-20-18-29(19-21-30)34-14-9-15-40-39-13-6-8-17-45(39)48-46(34)40/h1-34H;3-28H,1-2H3. The van der Waals surface area contributed by atoms with Gasteiger partial charge in [-0.05, 0) is 214 Å². The number of hydrogen-bond acceptors (Lipinski definition) is 2. The third-order valence-corrected chi connectivity index (χ3v) is 23.8. The molecular formula is C104H66O2. The van der Waals surface area contributed by atoms with Gasteiger partial charge in [-0.25, -0.2) is 0 Å². The summed E-state index contributed by atoms with van der Waals surface area (Å²) in [6.45, 7) is 4.70. The number of furan rings is 2. The topological polar surface area (TPSA) is 26.3 Å². The van der Waals surface area contributed by atoms with E-state index in [4.69, 9.17) is 8.83 Å². The van der Waals surface area contributed by atoms with Gasteiger partial charge in [-0.2, -0.15) is 0 Å². The quantitative estimate of drug-likeness (QED) is 0.155. The van der Waals surface area contributed by atoms with Gasteiger partial charge in [0.25, 0.3) is 0 Å². The summed E-state index contributed by atoms with van der Waals surface area (Å²) in [5.41, 5.74) is 34.0. The molecule has 0 amide bonds. The minimum Gasteiger partial charge on any atom is -0.455 e.